The maximum Gasteiger partial charge on any atom is 0.271 e. The van der Waals surface area contributed by atoms with Crippen LogP contribution in [0.5, 0.6) is 23.0 Å². The number of benzene rings is 3. The summed E-state index contributed by atoms with van der Waals surface area (Å²) < 4.78 is 21.7. The predicted molar refractivity (Wildman–Crippen MR) is 123 cm³/mol. The van der Waals surface area contributed by atoms with E-state index >= 15 is 0 Å². The Bertz CT molecular complexity index is 1080. The summed E-state index contributed by atoms with van der Waals surface area (Å²) in [6.07, 6.45) is 1.48. The van der Waals surface area contributed by atoms with E-state index in [-0.39, 0.29) is 5.91 Å². The Kier molecular flexibility index (Phi) is 7.70. The van der Waals surface area contributed by atoms with Gasteiger partial charge in [-0.2, -0.15) is 5.10 Å². The van der Waals surface area contributed by atoms with Gasteiger partial charge in [-0.1, -0.05) is 29.8 Å². The molecule has 3 rings (SSSR count). The van der Waals surface area contributed by atoms with Gasteiger partial charge in [0.05, 0.1) is 27.5 Å². The van der Waals surface area contributed by atoms with E-state index in [0.29, 0.717) is 40.7 Å². The summed E-state index contributed by atoms with van der Waals surface area (Å²) in [5.41, 5.74) is 5.89. The van der Waals surface area contributed by atoms with E-state index < -0.39 is 0 Å². The van der Waals surface area contributed by atoms with Crippen molar-refractivity contribution >= 4 is 12.1 Å². The number of carbonyl (C=O) groups is 1. The van der Waals surface area contributed by atoms with E-state index in [2.05, 4.69) is 10.5 Å². The summed E-state index contributed by atoms with van der Waals surface area (Å²) in [6.45, 7) is 2.51. The zero-order valence-electron chi connectivity index (χ0n) is 18.5. The van der Waals surface area contributed by atoms with E-state index in [0.717, 1.165) is 5.56 Å². The third kappa shape index (κ3) is 5.78. The molecule has 0 radical (unpaired) electrons. The molecule has 0 aliphatic carbocycles. The molecule has 0 spiro atoms. The van der Waals surface area contributed by atoms with E-state index in [9.17, 15) is 4.79 Å². The van der Waals surface area contributed by atoms with Crippen LogP contribution in [-0.4, -0.2) is 33.5 Å². The number of nitrogens with one attached hydrogen (secondary N) is 1. The number of hydrogen-bond donors (Lipinski definition) is 1. The largest absolute Gasteiger partial charge is 0.496 e. The van der Waals surface area contributed by atoms with Gasteiger partial charge in [0.2, 0.25) is 0 Å². The van der Waals surface area contributed by atoms with Crippen LogP contribution >= 0.6 is 0 Å². The van der Waals surface area contributed by atoms with Gasteiger partial charge in [0.25, 0.3) is 5.91 Å². The standard InChI is InChI=1S/C25H26N2O5/c1-17-5-7-18(8-6-17)16-32-21-11-9-19(10-12-21)25(28)27-26-15-20-13-23(30-3)24(31-4)14-22(20)29-2/h5-15H,16H2,1-4H3,(H,27,28)/b26-15+. The summed E-state index contributed by atoms with van der Waals surface area (Å²) >= 11 is 0. The Morgan fingerprint density at radius 1 is 0.875 bits per heavy atom. The van der Waals surface area contributed by atoms with Crippen molar-refractivity contribution in [3.63, 3.8) is 0 Å². The average Bonchev–Trinajstić information content (AvgIpc) is 2.83. The molecule has 0 bridgehead atoms. The average molecular weight is 434 g/mol. The minimum atomic E-state index is -0.342. The van der Waals surface area contributed by atoms with Gasteiger partial charge in [0.15, 0.2) is 11.5 Å². The van der Waals surface area contributed by atoms with E-state index in [4.69, 9.17) is 18.9 Å². The SMILES string of the molecule is COc1cc(OC)c(OC)cc1/C=N/NC(=O)c1ccc(OCc2ccc(C)cc2)cc1. The number of amides is 1. The molecular formula is C25H26N2O5. The zero-order chi connectivity index (χ0) is 22.9. The number of nitrogens with zero attached hydrogens (tertiary/aromatic N) is 1. The van der Waals surface area contributed by atoms with E-state index in [1.165, 1.54) is 11.8 Å². The second-order valence-electron chi connectivity index (χ2n) is 6.95. The molecule has 7 nitrogen and oxygen atoms in total. The molecule has 0 fully saturated rings. The molecule has 0 saturated carbocycles. The summed E-state index contributed by atoms with van der Waals surface area (Å²) in [5.74, 6) is 1.94. The number of aryl methyl sites for hydroxylation is 1. The van der Waals surface area contributed by atoms with Crippen LogP contribution in [0.4, 0.5) is 0 Å². The van der Waals surface area contributed by atoms with Crippen LogP contribution in [0.2, 0.25) is 0 Å². The van der Waals surface area contributed by atoms with Crippen molar-refractivity contribution < 1.29 is 23.7 Å². The predicted octanol–water partition coefficient (Wildman–Crippen LogP) is 4.36. The quantitative estimate of drug-likeness (QED) is 0.400. The minimum Gasteiger partial charge on any atom is -0.496 e. The zero-order valence-corrected chi connectivity index (χ0v) is 18.5. The lowest BCUT2D eigenvalue weighted by Crippen LogP contribution is -2.17. The summed E-state index contributed by atoms with van der Waals surface area (Å²) in [5, 5.41) is 4.03. The second kappa shape index (κ2) is 10.9. The highest BCUT2D eigenvalue weighted by atomic mass is 16.5. The van der Waals surface area contributed by atoms with E-state index in [1.54, 1.807) is 57.7 Å². The fourth-order valence-corrected chi connectivity index (χ4v) is 2.93. The van der Waals surface area contributed by atoms with Gasteiger partial charge in [0, 0.05) is 17.2 Å². The molecule has 0 saturated heterocycles. The Morgan fingerprint density at radius 2 is 1.50 bits per heavy atom. The summed E-state index contributed by atoms with van der Waals surface area (Å²) in [4.78, 5) is 12.4. The molecule has 0 aromatic heterocycles. The maximum absolute atomic E-state index is 12.4. The third-order valence-corrected chi connectivity index (χ3v) is 4.75. The van der Waals surface area contributed by atoms with Crippen molar-refractivity contribution in [3.8, 4) is 23.0 Å². The highest BCUT2D eigenvalue weighted by Gasteiger charge is 2.11. The van der Waals surface area contributed by atoms with Gasteiger partial charge in [0.1, 0.15) is 18.1 Å². The molecule has 1 amide bonds. The van der Waals surface area contributed by atoms with Crippen LogP contribution in [0.25, 0.3) is 0 Å². The Hall–Kier alpha value is -4.00. The smallest absolute Gasteiger partial charge is 0.271 e. The van der Waals surface area contributed by atoms with Gasteiger partial charge in [-0.05, 0) is 42.8 Å². The van der Waals surface area contributed by atoms with Gasteiger partial charge in [-0.15, -0.1) is 0 Å². The van der Waals surface area contributed by atoms with Crippen molar-refractivity contribution in [1.82, 2.24) is 5.43 Å². The lowest BCUT2D eigenvalue weighted by molar-refractivity contribution is 0.0955. The van der Waals surface area contributed by atoms with Gasteiger partial charge in [-0.25, -0.2) is 5.43 Å². The number of hydrogen-bond acceptors (Lipinski definition) is 6. The second-order valence-corrected chi connectivity index (χ2v) is 6.95. The van der Waals surface area contributed by atoms with Gasteiger partial charge >= 0.3 is 0 Å². The molecule has 0 unspecified atom stereocenters. The molecule has 0 heterocycles. The number of ether oxygens (including phenoxy) is 4. The van der Waals surface area contributed by atoms with Crippen molar-refractivity contribution in [2.75, 3.05) is 21.3 Å². The molecule has 3 aromatic carbocycles. The van der Waals surface area contributed by atoms with Crippen LogP contribution in [0.15, 0.2) is 65.8 Å². The monoisotopic (exact) mass is 434 g/mol. The van der Waals surface area contributed by atoms with Crippen LogP contribution in [0.1, 0.15) is 27.0 Å². The molecule has 1 N–H and O–H groups in total. The first-order chi connectivity index (χ1) is 15.5. The highest BCUT2D eigenvalue weighted by Crippen LogP contribution is 2.33. The molecule has 0 atom stereocenters. The first-order valence-electron chi connectivity index (χ1n) is 9.96. The topological polar surface area (TPSA) is 78.4 Å². The van der Waals surface area contributed by atoms with Crippen LogP contribution < -0.4 is 24.4 Å². The Balaban J connectivity index is 1.60. The molecular weight excluding hydrogens is 408 g/mol. The molecule has 7 heteroatoms. The number of methoxy groups -OCH3 is 3. The minimum absolute atomic E-state index is 0.342. The number of rotatable bonds is 9. The molecule has 3 aromatic rings. The van der Waals surface area contributed by atoms with Crippen molar-refractivity contribution in [3.05, 3.63) is 82.9 Å². The number of hydrazone groups is 1. The number of carbonyl (C=O) groups excluding carboxylic acids is 1. The normalized spacial score (nSPS) is 10.6. The van der Waals surface area contributed by atoms with Crippen LogP contribution in [-0.2, 0) is 6.61 Å². The lowest BCUT2D eigenvalue weighted by Gasteiger charge is -2.11. The molecule has 0 aliphatic rings. The molecule has 166 valence electrons. The summed E-state index contributed by atoms with van der Waals surface area (Å²) in [6, 6.07) is 18.4. The lowest BCUT2D eigenvalue weighted by atomic mass is 10.2. The first-order valence-corrected chi connectivity index (χ1v) is 9.96. The Morgan fingerprint density at radius 3 is 2.12 bits per heavy atom. The van der Waals surface area contributed by atoms with Crippen molar-refractivity contribution in [1.29, 1.82) is 0 Å². The van der Waals surface area contributed by atoms with Crippen molar-refractivity contribution in [2.24, 2.45) is 5.10 Å². The Labute approximate surface area is 187 Å². The molecule has 0 aliphatic heterocycles. The van der Waals surface area contributed by atoms with Gasteiger partial charge < -0.3 is 18.9 Å². The maximum atomic E-state index is 12.4. The van der Waals surface area contributed by atoms with Crippen LogP contribution in [0.3, 0.4) is 0 Å². The fraction of sp³-hybridized carbons (Fsp3) is 0.200. The van der Waals surface area contributed by atoms with Crippen LogP contribution in [0, 0.1) is 6.92 Å². The fourth-order valence-electron chi connectivity index (χ4n) is 2.93. The summed E-state index contributed by atoms with van der Waals surface area (Å²) in [7, 11) is 4.63. The van der Waals surface area contributed by atoms with Gasteiger partial charge in [-0.3, -0.25) is 4.79 Å². The van der Waals surface area contributed by atoms with Crippen molar-refractivity contribution in [2.45, 2.75) is 13.5 Å². The van der Waals surface area contributed by atoms with E-state index in [1.807, 2.05) is 31.2 Å². The molecule has 32 heavy (non-hydrogen) atoms. The third-order valence-electron chi connectivity index (χ3n) is 4.75. The first kappa shape index (κ1) is 22.7. The highest BCUT2D eigenvalue weighted by molar-refractivity contribution is 5.95.